The lowest BCUT2D eigenvalue weighted by atomic mass is 9.70. The summed E-state index contributed by atoms with van der Waals surface area (Å²) in [6.45, 7) is 6.67. The van der Waals surface area contributed by atoms with E-state index in [9.17, 15) is 4.79 Å². The number of hydrogen-bond donors (Lipinski definition) is 2. The number of hydrazone groups is 1. The van der Waals surface area contributed by atoms with E-state index >= 15 is 0 Å². The molecular formula is C17H24N4O2S. The normalized spacial score (nSPS) is 29.9. The van der Waals surface area contributed by atoms with E-state index < -0.39 is 0 Å². The summed E-state index contributed by atoms with van der Waals surface area (Å²) in [6.07, 6.45) is 3.35. The molecule has 0 aliphatic heterocycles. The molecule has 1 amide bonds. The van der Waals surface area contributed by atoms with Gasteiger partial charge >= 0.3 is 0 Å². The van der Waals surface area contributed by atoms with Crippen LogP contribution in [-0.2, 0) is 9.63 Å². The Morgan fingerprint density at radius 1 is 1.50 bits per heavy atom. The molecule has 6 nitrogen and oxygen atoms in total. The Morgan fingerprint density at radius 2 is 2.29 bits per heavy atom. The van der Waals surface area contributed by atoms with Crippen LogP contribution >= 0.6 is 11.3 Å². The fourth-order valence-electron chi connectivity index (χ4n) is 3.88. The number of nitrogens with two attached hydrogens (primary N) is 1. The lowest BCUT2D eigenvalue weighted by Gasteiger charge is -2.34. The molecule has 1 aromatic heterocycles. The van der Waals surface area contributed by atoms with E-state index in [0.717, 1.165) is 24.1 Å². The molecule has 2 aliphatic rings. The van der Waals surface area contributed by atoms with Crippen molar-refractivity contribution < 1.29 is 9.63 Å². The molecule has 1 heterocycles. The molecule has 130 valence electrons. The highest BCUT2D eigenvalue weighted by atomic mass is 32.1. The van der Waals surface area contributed by atoms with Gasteiger partial charge in [-0.2, -0.15) is 16.4 Å². The summed E-state index contributed by atoms with van der Waals surface area (Å²) >= 11 is 1.52. The van der Waals surface area contributed by atoms with Gasteiger partial charge in [-0.05, 0) is 42.0 Å². The molecule has 0 radical (unpaired) electrons. The third-order valence-electron chi connectivity index (χ3n) is 6.00. The van der Waals surface area contributed by atoms with Crippen molar-refractivity contribution in [1.29, 1.82) is 0 Å². The maximum absolute atomic E-state index is 11.9. The van der Waals surface area contributed by atoms with E-state index in [4.69, 9.17) is 10.6 Å². The van der Waals surface area contributed by atoms with Crippen LogP contribution in [0.15, 0.2) is 27.1 Å². The van der Waals surface area contributed by atoms with Gasteiger partial charge in [-0.3, -0.25) is 4.79 Å². The molecule has 2 atom stereocenters. The summed E-state index contributed by atoms with van der Waals surface area (Å²) in [5, 5.41) is 11.9. The molecule has 1 aromatic rings. The Labute approximate surface area is 146 Å². The number of fused-ring (bicyclic) bond motifs is 2. The molecule has 2 bridgehead atoms. The Balaban J connectivity index is 1.52. The van der Waals surface area contributed by atoms with Gasteiger partial charge in [0.1, 0.15) is 0 Å². The zero-order valence-corrected chi connectivity index (χ0v) is 15.2. The minimum Gasteiger partial charge on any atom is -0.384 e. The number of amides is 1. The molecule has 2 saturated carbocycles. The van der Waals surface area contributed by atoms with Crippen molar-refractivity contribution in [1.82, 2.24) is 5.43 Å². The fraction of sp³-hybridized carbons (Fsp3) is 0.588. The van der Waals surface area contributed by atoms with Gasteiger partial charge in [-0.1, -0.05) is 25.9 Å². The number of hydrogen-bond acceptors (Lipinski definition) is 5. The van der Waals surface area contributed by atoms with Crippen molar-refractivity contribution in [2.45, 2.75) is 40.0 Å². The second-order valence-corrected chi connectivity index (χ2v) is 8.13. The number of amidine groups is 1. The Hall–Kier alpha value is -1.89. The maximum atomic E-state index is 11.9. The molecule has 0 unspecified atom stereocenters. The molecule has 3 rings (SSSR count). The van der Waals surface area contributed by atoms with Crippen molar-refractivity contribution in [2.75, 3.05) is 6.61 Å². The minimum atomic E-state index is -0.325. The van der Waals surface area contributed by atoms with Gasteiger partial charge in [-0.15, -0.1) is 0 Å². The Bertz CT molecular complexity index is 681. The number of nitrogens with one attached hydrogen (secondary N) is 1. The van der Waals surface area contributed by atoms with E-state index in [1.807, 2.05) is 16.8 Å². The van der Waals surface area contributed by atoms with Gasteiger partial charge in [0.25, 0.3) is 5.91 Å². The highest BCUT2D eigenvalue weighted by molar-refractivity contribution is 7.08. The summed E-state index contributed by atoms with van der Waals surface area (Å²) in [5.41, 5.74) is 10.6. The number of carbonyl (C=O) groups excluding carboxylic acids is 1. The topological polar surface area (TPSA) is 89.1 Å². The molecule has 2 fully saturated rings. The molecule has 3 N–H and O–H groups in total. The lowest BCUT2D eigenvalue weighted by molar-refractivity contribution is -0.125. The van der Waals surface area contributed by atoms with Crippen LogP contribution in [0.5, 0.6) is 0 Å². The van der Waals surface area contributed by atoms with Gasteiger partial charge < -0.3 is 10.6 Å². The van der Waals surface area contributed by atoms with Crippen molar-refractivity contribution >= 4 is 28.8 Å². The third-order valence-corrected chi connectivity index (χ3v) is 6.69. The largest absolute Gasteiger partial charge is 0.384 e. The standard InChI is InChI=1S/C17H24N4O2S/c1-16(2)12-4-6-17(16,3)13(8-12)19-20-14(22)9-23-21-15(18)11-5-7-24-10-11/h5,7,10,12H,4,6,8-9H2,1-3H3,(H2,18,21)(H,20,22)/b19-13+/t12-,17+/m0/s1. The molecule has 0 spiro atoms. The summed E-state index contributed by atoms with van der Waals surface area (Å²) < 4.78 is 0. The Kier molecular flexibility index (Phi) is 4.38. The molecular weight excluding hydrogens is 324 g/mol. The summed E-state index contributed by atoms with van der Waals surface area (Å²) in [7, 11) is 0. The van der Waals surface area contributed by atoms with E-state index in [1.165, 1.54) is 17.8 Å². The van der Waals surface area contributed by atoms with Gasteiger partial charge in [0.2, 0.25) is 0 Å². The number of nitrogens with zero attached hydrogens (tertiary/aromatic N) is 2. The van der Waals surface area contributed by atoms with E-state index in [-0.39, 0.29) is 29.2 Å². The van der Waals surface area contributed by atoms with Gasteiger partial charge in [0.15, 0.2) is 12.4 Å². The average Bonchev–Trinajstić information content (AvgIpc) is 3.18. The van der Waals surface area contributed by atoms with Crippen molar-refractivity contribution in [2.24, 2.45) is 32.7 Å². The predicted molar refractivity (Wildman–Crippen MR) is 95.8 cm³/mol. The van der Waals surface area contributed by atoms with Crippen molar-refractivity contribution in [3.63, 3.8) is 0 Å². The third kappa shape index (κ3) is 2.81. The number of thiophene rings is 1. The molecule has 7 heteroatoms. The van der Waals surface area contributed by atoms with Crippen LogP contribution in [0.25, 0.3) is 0 Å². The Morgan fingerprint density at radius 3 is 2.88 bits per heavy atom. The average molecular weight is 348 g/mol. The highest BCUT2D eigenvalue weighted by Gasteiger charge is 2.59. The minimum absolute atomic E-state index is 0.0767. The molecule has 0 aromatic carbocycles. The van der Waals surface area contributed by atoms with Crippen LogP contribution in [0.4, 0.5) is 0 Å². The van der Waals surface area contributed by atoms with Crippen LogP contribution in [0.2, 0.25) is 0 Å². The zero-order chi connectivity index (χ0) is 17.4. The van der Waals surface area contributed by atoms with Crippen LogP contribution < -0.4 is 11.2 Å². The number of rotatable bonds is 5. The number of oxime groups is 1. The summed E-state index contributed by atoms with van der Waals surface area (Å²) in [4.78, 5) is 16.9. The first kappa shape index (κ1) is 17.0. The van der Waals surface area contributed by atoms with E-state index in [1.54, 1.807) is 0 Å². The quantitative estimate of drug-likeness (QED) is 0.487. The summed E-state index contributed by atoms with van der Waals surface area (Å²) in [5.74, 6) is 0.593. The van der Waals surface area contributed by atoms with Crippen LogP contribution in [0.3, 0.4) is 0 Å². The van der Waals surface area contributed by atoms with Crippen LogP contribution in [0.1, 0.15) is 45.6 Å². The van der Waals surface area contributed by atoms with Crippen molar-refractivity contribution in [3.05, 3.63) is 22.4 Å². The fourth-order valence-corrected chi connectivity index (χ4v) is 4.53. The first-order chi connectivity index (χ1) is 11.3. The number of carbonyl (C=O) groups is 1. The molecule has 24 heavy (non-hydrogen) atoms. The summed E-state index contributed by atoms with van der Waals surface area (Å²) in [6, 6.07) is 1.84. The second kappa shape index (κ2) is 6.20. The predicted octanol–water partition coefficient (Wildman–Crippen LogP) is 2.70. The molecule has 2 aliphatic carbocycles. The molecule has 0 saturated heterocycles. The van der Waals surface area contributed by atoms with Crippen LogP contribution in [-0.4, -0.2) is 24.1 Å². The van der Waals surface area contributed by atoms with Gasteiger partial charge in [0, 0.05) is 22.1 Å². The van der Waals surface area contributed by atoms with Crippen LogP contribution in [0, 0.1) is 16.7 Å². The second-order valence-electron chi connectivity index (χ2n) is 7.35. The first-order valence-electron chi connectivity index (χ1n) is 8.18. The van der Waals surface area contributed by atoms with Gasteiger partial charge in [-0.25, -0.2) is 5.43 Å². The monoisotopic (exact) mass is 348 g/mol. The SMILES string of the molecule is CC1(C)[C@H]2CC[C@]1(C)/C(=N/NC(=O)CO/N=C(\N)c1ccsc1)C2. The van der Waals surface area contributed by atoms with Gasteiger partial charge in [0.05, 0.1) is 0 Å². The van der Waals surface area contributed by atoms with E-state index in [2.05, 4.69) is 36.5 Å². The smallest absolute Gasteiger partial charge is 0.280 e. The van der Waals surface area contributed by atoms with Crippen molar-refractivity contribution in [3.8, 4) is 0 Å². The zero-order valence-electron chi connectivity index (χ0n) is 14.3. The maximum Gasteiger partial charge on any atom is 0.280 e. The van der Waals surface area contributed by atoms with E-state index in [0.29, 0.717) is 5.92 Å². The first-order valence-corrected chi connectivity index (χ1v) is 9.13. The lowest BCUT2D eigenvalue weighted by Crippen LogP contribution is -2.34. The highest BCUT2D eigenvalue weighted by Crippen LogP contribution is 2.63.